The summed E-state index contributed by atoms with van der Waals surface area (Å²) in [6.45, 7) is 4.59. The first-order valence-corrected chi connectivity index (χ1v) is 8.86. The predicted octanol–water partition coefficient (Wildman–Crippen LogP) is 2.76. The summed E-state index contributed by atoms with van der Waals surface area (Å²) in [7, 11) is 0. The van der Waals surface area contributed by atoms with Gasteiger partial charge in [-0.3, -0.25) is 4.79 Å². The Hall–Kier alpha value is -0.820. The zero-order chi connectivity index (χ0) is 17.8. The molecule has 3 fully saturated rings. The van der Waals surface area contributed by atoms with Gasteiger partial charge in [0.15, 0.2) is 0 Å². The molecule has 1 heterocycles. The van der Waals surface area contributed by atoms with Crippen molar-refractivity contribution in [3.63, 3.8) is 0 Å². The number of halogens is 3. The Kier molecular flexibility index (Phi) is 4.40. The van der Waals surface area contributed by atoms with Gasteiger partial charge in [0.25, 0.3) is 0 Å². The third kappa shape index (κ3) is 2.64. The van der Waals surface area contributed by atoms with Crippen molar-refractivity contribution >= 4 is 5.91 Å². The van der Waals surface area contributed by atoms with E-state index < -0.39 is 23.0 Å². The quantitative estimate of drug-likeness (QED) is 0.806. The van der Waals surface area contributed by atoms with Crippen LogP contribution in [0.25, 0.3) is 0 Å². The Morgan fingerprint density at radius 2 is 1.79 bits per heavy atom. The molecule has 3 rings (SSSR count). The first-order valence-electron chi connectivity index (χ1n) is 8.86. The average molecular weight is 348 g/mol. The molecule has 0 bridgehead atoms. The van der Waals surface area contributed by atoms with Crippen LogP contribution in [0, 0.1) is 17.3 Å². The summed E-state index contributed by atoms with van der Waals surface area (Å²) in [5.74, 6) is -1.48. The lowest BCUT2D eigenvalue weighted by Crippen LogP contribution is -2.82. The fourth-order valence-electron chi connectivity index (χ4n) is 4.91. The Labute approximate surface area is 140 Å². The number of hydrogen-bond donors (Lipinski definition) is 2. The second kappa shape index (κ2) is 5.87. The van der Waals surface area contributed by atoms with Gasteiger partial charge in [0.2, 0.25) is 5.91 Å². The third-order valence-corrected chi connectivity index (χ3v) is 6.59. The molecule has 3 unspecified atom stereocenters. The molecular weight excluding hydrogens is 321 g/mol. The monoisotopic (exact) mass is 348 g/mol. The molecule has 3 aliphatic rings. The van der Waals surface area contributed by atoms with E-state index in [9.17, 15) is 18.0 Å². The van der Waals surface area contributed by atoms with Gasteiger partial charge in [-0.1, -0.05) is 13.8 Å². The first kappa shape index (κ1) is 18.0. The van der Waals surface area contributed by atoms with Crippen molar-refractivity contribution in [2.24, 2.45) is 23.0 Å². The number of fused-ring (bicyclic) bond motifs is 1. The lowest BCUT2D eigenvalue weighted by molar-refractivity contribution is -0.225. The predicted molar refractivity (Wildman–Crippen MR) is 83.1 cm³/mol. The Morgan fingerprint density at radius 3 is 2.38 bits per heavy atom. The number of carbonyl (C=O) groups excluding carboxylic acids is 1. The summed E-state index contributed by atoms with van der Waals surface area (Å²) >= 11 is 0. The van der Waals surface area contributed by atoms with Crippen molar-refractivity contribution < 1.29 is 22.7 Å². The maximum Gasteiger partial charge on any atom is 0.391 e. The Morgan fingerprint density at radius 1 is 1.17 bits per heavy atom. The first-order chi connectivity index (χ1) is 11.1. The molecule has 4 nitrogen and oxygen atoms in total. The van der Waals surface area contributed by atoms with E-state index in [-0.39, 0.29) is 36.8 Å². The number of rotatable bonds is 2. The molecule has 138 valence electrons. The fourth-order valence-corrected chi connectivity index (χ4v) is 4.91. The lowest BCUT2D eigenvalue weighted by atomic mass is 9.46. The SMILES string of the molecule is CC1(C)C2OCCCC2C1(N)C(=O)NC1CCC(C(F)(F)F)CC1. The normalized spacial score (nSPS) is 41.9. The molecule has 0 spiro atoms. The van der Waals surface area contributed by atoms with Crippen LogP contribution in [-0.4, -0.2) is 36.4 Å². The molecule has 3 atom stereocenters. The van der Waals surface area contributed by atoms with E-state index in [0.717, 1.165) is 12.8 Å². The maximum atomic E-state index is 12.9. The van der Waals surface area contributed by atoms with Crippen molar-refractivity contribution in [3.8, 4) is 0 Å². The average Bonchev–Trinajstić information content (AvgIpc) is 2.53. The van der Waals surface area contributed by atoms with E-state index in [1.54, 1.807) is 0 Å². The van der Waals surface area contributed by atoms with Crippen LogP contribution < -0.4 is 11.1 Å². The third-order valence-electron chi connectivity index (χ3n) is 6.59. The number of nitrogens with one attached hydrogen (secondary N) is 1. The highest BCUT2D eigenvalue weighted by Gasteiger charge is 2.70. The number of carbonyl (C=O) groups is 1. The minimum Gasteiger partial charge on any atom is -0.377 e. The van der Waals surface area contributed by atoms with Crippen molar-refractivity contribution in [1.29, 1.82) is 0 Å². The van der Waals surface area contributed by atoms with E-state index in [1.165, 1.54) is 0 Å². The van der Waals surface area contributed by atoms with Crippen LogP contribution in [0.1, 0.15) is 52.4 Å². The van der Waals surface area contributed by atoms with Crippen LogP contribution in [-0.2, 0) is 9.53 Å². The lowest BCUT2D eigenvalue weighted by Gasteiger charge is -2.65. The fraction of sp³-hybridized carbons (Fsp3) is 0.941. The maximum absolute atomic E-state index is 12.9. The molecule has 1 saturated heterocycles. The molecule has 0 radical (unpaired) electrons. The highest BCUT2D eigenvalue weighted by molar-refractivity contribution is 5.89. The highest BCUT2D eigenvalue weighted by Crippen LogP contribution is 2.57. The molecule has 7 heteroatoms. The van der Waals surface area contributed by atoms with Gasteiger partial charge in [-0.15, -0.1) is 0 Å². The molecule has 1 aliphatic heterocycles. The molecule has 2 aliphatic carbocycles. The molecule has 24 heavy (non-hydrogen) atoms. The van der Waals surface area contributed by atoms with Gasteiger partial charge in [-0.25, -0.2) is 0 Å². The van der Waals surface area contributed by atoms with Gasteiger partial charge in [0, 0.05) is 24.0 Å². The minimum absolute atomic E-state index is 0.00670. The molecule has 2 saturated carbocycles. The van der Waals surface area contributed by atoms with Crippen LogP contribution in [0.5, 0.6) is 0 Å². The van der Waals surface area contributed by atoms with E-state index in [2.05, 4.69) is 5.32 Å². The minimum atomic E-state index is -4.13. The van der Waals surface area contributed by atoms with Crippen LogP contribution in [0.4, 0.5) is 13.2 Å². The van der Waals surface area contributed by atoms with Crippen LogP contribution in [0.3, 0.4) is 0 Å². The largest absolute Gasteiger partial charge is 0.391 e. The van der Waals surface area contributed by atoms with Crippen LogP contribution in [0.15, 0.2) is 0 Å². The van der Waals surface area contributed by atoms with E-state index in [1.807, 2.05) is 13.8 Å². The van der Waals surface area contributed by atoms with Gasteiger partial charge < -0.3 is 15.8 Å². The number of amides is 1. The Balaban J connectivity index is 1.61. The van der Waals surface area contributed by atoms with Gasteiger partial charge in [0.1, 0.15) is 5.54 Å². The van der Waals surface area contributed by atoms with Crippen LogP contribution >= 0.6 is 0 Å². The summed E-state index contributed by atoms with van der Waals surface area (Å²) in [6.07, 6.45) is -1.53. The van der Waals surface area contributed by atoms with Crippen LogP contribution in [0.2, 0.25) is 0 Å². The zero-order valence-electron chi connectivity index (χ0n) is 14.3. The molecule has 3 N–H and O–H groups in total. The van der Waals surface area contributed by atoms with Crippen molar-refractivity contribution in [2.45, 2.75) is 76.2 Å². The van der Waals surface area contributed by atoms with Crippen molar-refractivity contribution in [3.05, 3.63) is 0 Å². The number of hydrogen-bond acceptors (Lipinski definition) is 3. The second-order valence-corrected chi connectivity index (χ2v) is 8.19. The number of nitrogens with two attached hydrogens (primary N) is 1. The summed E-state index contributed by atoms with van der Waals surface area (Å²) in [5, 5.41) is 2.94. The van der Waals surface area contributed by atoms with Crippen molar-refractivity contribution in [1.82, 2.24) is 5.32 Å². The molecular formula is C17H27F3N2O2. The van der Waals surface area contributed by atoms with E-state index >= 15 is 0 Å². The van der Waals surface area contributed by atoms with E-state index in [4.69, 9.17) is 10.5 Å². The van der Waals surface area contributed by atoms with Crippen molar-refractivity contribution in [2.75, 3.05) is 6.61 Å². The molecule has 0 aromatic heterocycles. The summed E-state index contributed by atoms with van der Waals surface area (Å²) in [6, 6.07) is -0.212. The van der Waals surface area contributed by atoms with E-state index in [0.29, 0.717) is 19.4 Å². The topological polar surface area (TPSA) is 64.3 Å². The second-order valence-electron chi connectivity index (χ2n) is 8.19. The van der Waals surface area contributed by atoms with Gasteiger partial charge >= 0.3 is 6.18 Å². The zero-order valence-corrected chi connectivity index (χ0v) is 14.3. The van der Waals surface area contributed by atoms with Gasteiger partial charge in [-0.2, -0.15) is 13.2 Å². The number of alkyl halides is 3. The summed E-state index contributed by atoms with van der Waals surface area (Å²) < 4.78 is 44.0. The molecule has 0 aromatic rings. The van der Waals surface area contributed by atoms with Gasteiger partial charge in [0.05, 0.1) is 12.0 Å². The highest BCUT2D eigenvalue weighted by atomic mass is 19.4. The standard InChI is InChI=1S/C17H27F3N2O2/c1-15(2)13-12(4-3-9-24-13)16(15,21)14(23)22-11-7-5-10(6-8-11)17(18,19)20/h10-13H,3-9,21H2,1-2H3,(H,22,23). The summed E-state index contributed by atoms with van der Waals surface area (Å²) in [4.78, 5) is 12.9. The Bertz CT molecular complexity index is 501. The number of ether oxygens (including phenoxy) is 1. The molecule has 1 amide bonds. The smallest absolute Gasteiger partial charge is 0.377 e. The molecule has 0 aromatic carbocycles. The summed E-state index contributed by atoms with van der Waals surface area (Å²) in [5.41, 5.74) is 5.05. The van der Waals surface area contributed by atoms with Gasteiger partial charge in [-0.05, 0) is 38.5 Å².